The predicted octanol–water partition coefficient (Wildman–Crippen LogP) is 3.38. The number of amides is 1. The van der Waals surface area contributed by atoms with Crippen LogP contribution in [0.4, 0.5) is 5.69 Å². The van der Waals surface area contributed by atoms with Gasteiger partial charge in [0.15, 0.2) is 0 Å². The molecule has 0 unspecified atom stereocenters. The van der Waals surface area contributed by atoms with Crippen molar-refractivity contribution in [2.24, 2.45) is 0 Å². The highest BCUT2D eigenvalue weighted by Crippen LogP contribution is 2.24. The fourth-order valence-corrected chi connectivity index (χ4v) is 2.12. The lowest BCUT2D eigenvalue weighted by atomic mass is 9.87. The Morgan fingerprint density at radius 2 is 1.65 bits per heavy atom. The van der Waals surface area contributed by atoms with Gasteiger partial charge in [-0.25, -0.2) is 0 Å². The minimum Gasteiger partial charge on any atom is -0.492 e. The normalized spacial score (nSPS) is 11.1. The second-order valence-electron chi connectivity index (χ2n) is 6.50. The molecule has 0 saturated carbocycles. The monoisotopic (exact) mass is 312 g/mol. The minimum absolute atomic E-state index is 0.128. The standard InChI is InChI=1S/C19H24N2O2/c1-19(2,3)15-6-10-17(11-7-15)23-13-12-21-18(22)14-4-8-16(20)9-5-14/h4-11H,12-13,20H2,1-3H3,(H,21,22). The molecule has 0 atom stereocenters. The Morgan fingerprint density at radius 3 is 2.22 bits per heavy atom. The summed E-state index contributed by atoms with van der Waals surface area (Å²) in [7, 11) is 0. The van der Waals surface area contributed by atoms with E-state index in [4.69, 9.17) is 10.5 Å². The van der Waals surface area contributed by atoms with Crippen LogP contribution in [0.25, 0.3) is 0 Å². The number of ether oxygens (including phenoxy) is 1. The molecule has 23 heavy (non-hydrogen) atoms. The number of anilines is 1. The van der Waals surface area contributed by atoms with Gasteiger partial charge in [-0.1, -0.05) is 32.9 Å². The highest BCUT2D eigenvalue weighted by molar-refractivity contribution is 5.94. The van der Waals surface area contributed by atoms with E-state index in [1.54, 1.807) is 24.3 Å². The maximum absolute atomic E-state index is 11.9. The molecule has 0 spiro atoms. The number of nitrogens with two attached hydrogens (primary N) is 1. The van der Waals surface area contributed by atoms with Crippen LogP contribution in [-0.4, -0.2) is 19.1 Å². The molecule has 0 aliphatic carbocycles. The fraction of sp³-hybridized carbons (Fsp3) is 0.316. The van der Waals surface area contributed by atoms with Gasteiger partial charge in [-0.15, -0.1) is 0 Å². The van der Waals surface area contributed by atoms with E-state index in [1.165, 1.54) is 5.56 Å². The number of carbonyl (C=O) groups excluding carboxylic acids is 1. The molecule has 0 bridgehead atoms. The van der Waals surface area contributed by atoms with E-state index in [2.05, 4.69) is 38.2 Å². The molecule has 2 aromatic rings. The van der Waals surface area contributed by atoms with Crippen LogP contribution in [0.1, 0.15) is 36.7 Å². The average molecular weight is 312 g/mol. The van der Waals surface area contributed by atoms with Crippen LogP contribution in [0.15, 0.2) is 48.5 Å². The molecule has 4 heteroatoms. The third-order valence-corrected chi connectivity index (χ3v) is 3.55. The Labute approximate surface area is 137 Å². The van der Waals surface area contributed by atoms with Crippen LogP contribution in [-0.2, 0) is 5.41 Å². The summed E-state index contributed by atoms with van der Waals surface area (Å²) in [5.74, 6) is 0.677. The number of rotatable bonds is 5. The van der Waals surface area contributed by atoms with E-state index in [9.17, 15) is 4.79 Å². The fourth-order valence-electron chi connectivity index (χ4n) is 2.12. The predicted molar refractivity (Wildman–Crippen MR) is 93.8 cm³/mol. The second kappa shape index (κ2) is 7.18. The van der Waals surface area contributed by atoms with Crippen molar-refractivity contribution in [2.75, 3.05) is 18.9 Å². The topological polar surface area (TPSA) is 64.3 Å². The van der Waals surface area contributed by atoms with Gasteiger partial charge in [0, 0.05) is 11.3 Å². The van der Waals surface area contributed by atoms with Crippen LogP contribution in [0.2, 0.25) is 0 Å². The second-order valence-corrected chi connectivity index (χ2v) is 6.50. The molecule has 1 amide bonds. The van der Waals surface area contributed by atoms with Crippen LogP contribution < -0.4 is 15.8 Å². The number of benzene rings is 2. The van der Waals surface area contributed by atoms with Crippen molar-refractivity contribution in [2.45, 2.75) is 26.2 Å². The van der Waals surface area contributed by atoms with Crippen molar-refractivity contribution in [3.05, 3.63) is 59.7 Å². The van der Waals surface area contributed by atoms with Crippen molar-refractivity contribution in [3.8, 4) is 5.75 Å². The average Bonchev–Trinajstić information content (AvgIpc) is 2.51. The summed E-state index contributed by atoms with van der Waals surface area (Å²) in [6, 6.07) is 14.9. The Morgan fingerprint density at radius 1 is 1.04 bits per heavy atom. The molecule has 0 radical (unpaired) electrons. The van der Waals surface area contributed by atoms with Crippen molar-refractivity contribution in [3.63, 3.8) is 0 Å². The highest BCUT2D eigenvalue weighted by atomic mass is 16.5. The van der Waals surface area contributed by atoms with Gasteiger partial charge in [-0.3, -0.25) is 4.79 Å². The maximum Gasteiger partial charge on any atom is 0.251 e. The molecule has 0 aliphatic rings. The number of hydrogen-bond donors (Lipinski definition) is 2. The Hall–Kier alpha value is -2.49. The van der Waals surface area contributed by atoms with Gasteiger partial charge >= 0.3 is 0 Å². The quantitative estimate of drug-likeness (QED) is 0.657. The molecule has 0 saturated heterocycles. The van der Waals surface area contributed by atoms with Gasteiger partial charge in [0.2, 0.25) is 0 Å². The number of hydrogen-bond acceptors (Lipinski definition) is 3. The van der Waals surface area contributed by atoms with Crippen molar-refractivity contribution in [1.82, 2.24) is 5.32 Å². The summed E-state index contributed by atoms with van der Waals surface area (Å²) >= 11 is 0. The number of nitrogens with one attached hydrogen (secondary N) is 1. The van der Waals surface area contributed by atoms with Crippen LogP contribution in [0.5, 0.6) is 5.75 Å². The largest absolute Gasteiger partial charge is 0.492 e. The lowest BCUT2D eigenvalue weighted by Gasteiger charge is -2.19. The van der Waals surface area contributed by atoms with Gasteiger partial charge in [0.25, 0.3) is 5.91 Å². The lowest BCUT2D eigenvalue weighted by Crippen LogP contribution is -2.28. The zero-order chi connectivity index (χ0) is 16.9. The van der Waals surface area contributed by atoms with E-state index >= 15 is 0 Å². The summed E-state index contributed by atoms with van der Waals surface area (Å²) in [5, 5.41) is 2.82. The maximum atomic E-state index is 11.9. The molecule has 0 aliphatic heterocycles. The smallest absolute Gasteiger partial charge is 0.251 e. The molecule has 3 N–H and O–H groups in total. The molecule has 4 nitrogen and oxygen atoms in total. The molecule has 2 rings (SSSR count). The first-order valence-electron chi connectivity index (χ1n) is 7.73. The third-order valence-electron chi connectivity index (χ3n) is 3.55. The third kappa shape index (κ3) is 5.02. The molecule has 0 heterocycles. The SMILES string of the molecule is CC(C)(C)c1ccc(OCCNC(=O)c2ccc(N)cc2)cc1. The van der Waals surface area contributed by atoms with E-state index < -0.39 is 0 Å². The van der Waals surface area contributed by atoms with Crippen molar-refractivity contribution < 1.29 is 9.53 Å². The first-order valence-corrected chi connectivity index (χ1v) is 7.73. The zero-order valence-corrected chi connectivity index (χ0v) is 13.9. The summed E-state index contributed by atoms with van der Waals surface area (Å²) in [4.78, 5) is 11.9. The minimum atomic E-state index is -0.128. The van der Waals surface area contributed by atoms with Gasteiger partial charge in [-0.2, -0.15) is 0 Å². The molecular weight excluding hydrogens is 288 g/mol. The first-order chi connectivity index (χ1) is 10.9. The molecule has 122 valence electrons. The highest BCUT2D eigenvalue weighted by Gasteiger charge is 2.12. The van der Waals surface area contributed by atoms with E-state index in [1.807, 2.05) is 12.1 Å². The molecule has 0 fully saturated rings. The van der Waals surface area contributed by atoms with E-state index in [0.717, 1.165) is 5.75 Å². The summed E-state index contributed by atoms with van der Waals surface area (Å²) < 4.78 is 5.64. The number of carbonyl (C=O) groups is 1. The Bertz CT molecular complexity index is 641. The van der Waals surface area contributed by atoms with E-state index in [0.29, 0.717) is 24.4 Å². The van der Waals surface area contributed by atoms with Crippen LogP contribution >= 0.6 is 0 Å². The van der Waals surface area contributed by atoms with Crippen molar-refractivity contribution in [1.29, 1.82) is 0 Å². The molecule has 0 aromatic heterocycles. The Balaban J connectivity index is 1.77. The summed E-state index contributed by atoms with van der Waals surface area (Å²) in [5.41, 5.74) is 8.23. The van der Waals surface area contributed by atoms with Gasteiger partial charge in [0.05, 0.1) is 6.54 Å². The van der Waals surface area contributed by atoms with Gasteiger partial charge in [-0.05, 0) is 47.4 Å². The van der Waals surface area contributed by atoms with Gasteiger partial charge < -0.3 is 15.8 Å². The van der Waals surface area contributed by atoms with E-state index in [-0.39, 0.29) is 11.3 Å². The van der Waals surface area contributed by atoms with Crippen molar-refractivity contribution >= 4 is 11.6 Å². The molecular formula is C19H24N2O2. The van der Waals surface area contributed by atoms with Crippen LogP contribution in [0, 0.1) is 0 Å². The Kier molecular flexibility index (Phi) is 5.27. The molecule has 2 aromatic carbocycles. The number of nitrogen functional groups attached to an aromatic ring is 1. The van der Waals surface area contributed by atoms with Gasteiger partial charge in [0.1, 0.15) is 12.4 Å². The summed E-state index contributed by atoms with van der Waals surface area (Å²) in [6.45, 7) is 7.40. The first kappa shape index (κ1) is 16.9. The zero-order valence-electron chi connectivity index (χ0n) is 13.9. The lowest BCUT2D eigenvalue weighted by molar-refractivity contribution is 0.0947. The van der Waals surface area contributed by atoms with Crippen LogP contribution in [0.3, 0.4) is 0 Å². The summed E-state index contributed by atoms with van der Waals surface area (Å²) in [6.07, 6.45) is 0.